The van der Waals surface area contributed by atoms with Gasteiger partial charge in [0.25, 0.3) is 0 Å². The number of nitrogens with zero attached hydrogens (tertiary/aromatic N) is 1. The van der Waals surface area contributed by atoms with Gasteiger partial charge >= 0.3 is 5.97 Å². The normalized spacial score (nSPS) is 25.4. The predicted octanol–water partition coefficient (Wildman–Crippen LogP) is 0.689. The van der Waals surface area contributed by atoms with Crippen LogP contribution in [0.15, 0.2) is 0 Å². The maximum Gasteiger partial charge on any atom is 0.305 e. The van der Waals surface area contributed by atoms with Crippen molar-refractivity contribution in [2.75, 3.05) is 26.3 Å². The molecule has 0 aromatic heterocycles. The molecule has 2 saturated heterocycles. The van der Waals surface area contributed by atoms with Crippen LogP contribution in [0.4, 0.5) is 0 Å². The van der Waals surface area contributed by atoms with E-state index in [9.17, 15) is 4.79 Å². The van der Waals surface area contributed by atoms with Crippen LogP contribution >= 0.6 is 0 Å². The molecule has 0 amide bonds. The van der Waals surface area contributed by atoms with Gasteiger partial charge in [-0.05, 0) is 13.8 Å². The van der Waals surface area contributed by atoms with Crippen molar-refractivity contribution in [1.29, 1.82) is 0 Å². The summed E-state index contributed by atoms with van der Waals surface area (Å²) in [6, 6.07) is 0. The Morgan fingerprint density at radius 3 is 2.62 bits per heavy atom. The first-order valence-corrected chi connectivity index (χ1v) is 5.68. The average Bonchev–Trinajstić information content (AvgIpc) is 2.75. The standard InChI is InChI=1S/C11H19NO4/c1-10(2,7-9(13)14)12-4-3-11(8-12)15-5-6-16-11/h3-8H2,1-2H3,(H,13,14). The van der Waals surface area contributed by atoms with E-state index in [2.05, 4.69) is 4.90 Å². The van der Waals surface area contributed by atoms with Crippen LogP contribution in [0, 0.1) is 0 Å². The second-order valence-electron chi connectivity index (χ2n) is 5.16. The lowest BCUT2D eigenvalue weighted by atomic mass is 9.99. The van der Waals surface area contributed by atoms with Gasteiger partial charge in [0, 0.05) is 18.5 Å². The molecule has 2 aliphatic heterocycles. The Morgan fingerprint density at radius 1 is 1.44 bits per heavy atom. The third-order valence-electron chi connectivity index (χ3n) is 3.45. The Hall–Kier alpha value is -0.650. The van der Waals surface area contributed by atoms with Crippen LogP contribution in [-0.4, -0.2) is 53.6 Å². The van der Waals surface area contributed by atoms with Gasteiger partial charge in [-0.15, -0.1) is 0 Å². The van der Waals surface area contributed by atoms with Crippen molar-refractivity contribution in [3.8, 4) is 0 Å². The molecule has 0 saturated carbocycles. The molecule has 2 fully saturated rings. The molecule has 0 atom stereocenters. The molecular weight excluding hydrogens is 210 g/mol. The smallest absolute Gasteiger partial charge is 0.305 e. The molecule has 1 spiro atoms. The van der Waals surface area contributed by atoms with Gasteiger partial charge in [-0.2, -0.15) is 0 Å². The minimum Gasteiger partial charge on any atom is -0.481 e. The highest BCUT2D eigenvalue weighted by molar-refractivity contribution is 5.68. The van der Waals surface area contributed by atoms with Crippen molar-refractivity contribution in [3.05, 3.63) is 0 Å². The number of aliphatic carboxylic acids is 1. The van der Waals surface area contributed by atoms with Gasteiger partial charge in [-0.1, -0.05) is 0 Å². The second-order valence-corrected chi connectivity index (χ2v) is 5.16. The summed E-state index contributed by atoms with van der Waals surface area (Å²) in [5.41, 5.74) is -0.343. The largest absolute Gasteiger partial charge is 0.481 e. The quantitative estimate of drug-likeness (QED) is 0.771. The van der Waals surface area contributed by atoms with E-state index in [1.807, 2.05) is 13.8 Å². The Bertz CT molecular complexity index is 284. The van der Waals surface area contributed by atoms with Crippen molar-refractivity contribution in [3.63, 3.8) is 0 Å². The highest BCUT2D eigenvalue weighted by Crippen LogP contribution is 2.35. The summed E-state index contributed by atoms with van der Waals surface area (Å²) in [6.45, 7) is 6.71. The highest BCUT2D eigenvalue weighted by Gasteiger charge is 2.47. The number of hydrogen-bond acceptors (Lipinski definition) is 4. The molecule has 2 rings (SSSR count). The summed E-state index contributed by atoms with van der Waals surface area (Å²) in [7, 11) is 0. The van der Waals surface area contributed by atoms with E-state index < -0.39 is 11.8 Å². The zero-order valence-electron chi connectivity index (χ0n) is 9.86. The van der Waals surface area contributed by atoms with Gasteiger partial charge < -0.3 is 14.6 Å². The number of carboxylic acids is 1. The first-order chi connectivity index (χ1) is 7.44. The van der Waals surface area contributed by atoms with E-state index >= 15 is 0 Å². The predicted molar refractivity (Wildman–Crippen MR) is 57.2 cm³/mol. The summed E-state index contributed by atoms with van der Waals surface area (Å²) >= 11 is 0. The molecule has 1 N–H and O–H groups in total. The van der Waals surface area contributed by atoms with Crippen molar-refractivity contribution < 1.29 is 19.4 Å². The van der Waals surface area contributed by atoms with Crippen molar-refractivity contribution in [2.24, 2.45) is 0 Å². The van der Waals surface area contributed by atoms with E-state index in [1.165, 1.54) is 0 Å². The molecule has 92 valence electrons. The molecule has 16 heavy (non-hydrogen) atoms. The third kappa shape index (κ3) is 2.21. The SMILES string of the molecule is CC(C)(CC(=O)O)N1CCC2(C1)OCCO2. The lowest BCUT2D eigenvalue weighted by molar-refractivity contribution is -0.152. The Labute approximate surface area is 95.3 Å². The fourth-order valence-corrected chi connectivity index (χ4v) is 2.49. The molecule has 2 heterocycles. The van der Waals surface area contributed by atoms with Gasteiger partial charge in [0.2, 0.25) is 0 Å². The molecule has 0 aromatic rings. The van der Waals surface area contributed by atoms with Gasteiger partial charge in [-0.3, -0.25) is 9.69 Å². The number of likely N-dealkylation sites (tertiary alicyclic amines) is 1. The summed E-state index contributed by atoms with van der Waals surface area (Å²) in [5, 5.41) is 8.88. The highest BCUT2D eigenvalue weighted by atomic mass is 16.7. The molecular formula is C11H19NO4. The summed E-state index contributed by atoms with van der Waals surface area (Å²) in [6.07, 6.45) is 0.971. The molecule has 0 radical (unpaired) electrons. The van der Waals surface area contributed by atoms with E-state index in [1.54, 1.807) is 0 Å². The fraction of sp³-hybridized carbons (Fsp3) is 0.909. The molecule has 0 bridgehead atoms. The van der Waals surface area contributed by atoms with Crippen molar-refractivity contribution in [2.45, 2.75) is 38.0 Å². The first kappa shape index (κ1) is 11.8. The number of rotatable bonds is 3. The Balaban J connectivity index is 1.99. The van der Waals surface area contributed by atoms with Gasteiger partial charge in [0.1, 0.15) is 0 Å². The maximum atomic E-state index is 10.8. The Kier molecular flexibility index (Phi) is 2.94. The summed E-state index contributed by atoms with van der Waals surface area (Å²) in [5.74, 6) is -1.23. The number of ether oxygens (including phenoxy) is 2. The number of hydrogen-bond donors (Lipinski definition) is 1. The molecule has 2 aliphatic rings. The zero-order chi connectivity index (χ0) is 11.8. The van der Waals surface area contributed by atoms with Crippen LogP contribution in [-0.2, 0) is 14.3 Å². The van der Waals surface area contributed by atoms with Crippen LogP contribution in [0.1, 0.15) is 26.7 Å². The monoisotopic (exact) mass is 229 g/mol. The van der Waals surface area contributed by atoms with Crippen LogP contribution in [0.5, 0.6) is 0 Å². The molecule has 5 nitrogen and oxygen atoms in total. The molecule has 0 aromatic carbocycles. The van der Waals surface area contributed by atoms with Crippen LogP contribution in [0.25, 0.3) is 0 Å². The lowest BCUT2D eigenvalue weighted by Gasteiger charge is -2.35. The van der Waals surface area contributed by atoms with Gasteiger partial charge in [-0.25, -0.2) is 0 Å². The molecule has 0 unspecified atom stereocenters. The van der Waals surface area contributed by atoms with E-state index in [4.69, 9.17) is 14.6 Å². The minimum absolute atomic E-state index is 0.142. The Morgan fingerprint density at radius 2 is 2.06 bits per heavy atom. The maximum absolute atomic E-state index is 10.8. The topological polar surface area (TPSA) is 59.0 Å². The minimum atomic E-state index is -0.765. The van der Waals surface area contributed by atoms with Crippen LogP contribution in [0.3, 0.4) is 0 Å². The van der Waals surface area contributed by atoms with Crippen LogP contribution in [0.2, 0.25) is 0 Å². The van der Waals surface area contributed by atoms with E-state index in [-0.39, 0.29) is 12.0 Å². The number of carbonyl (C=O) groups is 1. The molecule has 0 aliphatic carbocycles. The summed E-state index contributed by atoms with van der Waals surface area (Å²) < 4.78 is 11.2. The zero-order valence-corrected chi connectivity index (χ0v) is 9.86. The molecule has 5 heteroatoms. The van der Waals surface area contributed by atoms with Gasteiger partial charge in [0.05, 0.1) is 26.2 Å². The fourth-order valence-electron chi connectivity index (χ4n) is 2.49. The summed E-state index contributed by atoms with van der Waals surface area (Å²) in [4.78, 5) is 12.9. The second kappa shape index (κ2) is 3.98. The van der Waals surface area contributed by atoms with E-state index in [0.29, 0.717) is 19.8 Å². The van der Waals surface area contributed by atoms with E-state index in [0.717, 1.165) is 13.0 Å². The van der Waals surface area contributed by atoms with Crippen LogP contribution < -0.4 is 0 Å². The lowest BCUT2D eigenvalue weighted by Crippen LogP contribution is -2.46. The third-order valence-corrected chi connectivity index (χ3v) is 3.45. The van der Waals surface area contributed by atoms with Crippen molar-refractivity contribution >= 4 is 5.97 Å². The van der Waals surface area contributed by atoms with Crippen molar-refractivity contribution in [1.82, 2.24) is 4.90 Å². The average molecular weight is 229 g/mol. The number of carboxylic acid groups (broad SMARTS) is 1. The first-order valence-electron chi connectivity index (χ1n) is 5.68. The van der Waals surface area contributed by atoms with Gasteiger partial charge in [0.15, 0.2) is 5.79 Å².